The number of hydrogen-bond acceptors (Lipinski definition) is 3. The lowest BCUT2D eigenvalue weighted by molar-refractivity contribution is -0.148. The van der Waals surface area contributed by atoms with E-state index < -0.39 is 24.3 Å². The molecule has 5 heteroatoms. The number of rotatable bonds is 3. The van der Waals surface area contributed by atoms with Gasteiger partial charge in [0.05, 0.1) is 6.42 Å². The summed E-state index contributed by atoms with van der Waals surface area (Å²) in [4.78, 5) is 34.9. The molecule has 2 rings (SSSR count). The molecule has 0 bridgehead atoms. The topological polar surface area (TPSA) is 74.7 Å². The van der Waals surface area contributed by atoms with E-state index in [1.165, 1.54) is 0 Å². The van der Waals surface area contributed by atoms with E-state index in [1.807, 2.05) is 31.2 Å². The molecule has 0 aliphatic carbocycles. The van der Waals surface area contributed by atoms with E-state index >= 15 is 0 Å². The van der Waals surface area contributed by atoms with Crippen LogP contribution in [0.1, 0.15) is 17.5 Å². The van der Waals surface area contributed by atoms with Gasteiger partial charge in [0.15, 0.2) is 0 Å². The molecule has 1 fully saturated rings. The van der Waals surface area contributed by atoms with E-state index in [0.29, 0.717) is 5.57 Å². The smallest absolute Gasteiger partial charge is 0.323 e. The highest BCUT2D eigenvalue weighted by Crippen LogP contribution is 2.21. The molecule has 1 N–H and O–H groups in total. The van der Waals surface area contributed by atoms with Gasteiger partial charge in [-0.2, -0.15) is 0 Å². The first-order valence-corrected chi connectivity index (χ1v) is 5.81. The molecule has 5 nitrogen and oxygen atoms in total. The molecule has 98 valence electrons. The third kappa shape index (κ3) is 2.88. The predicted octanol–water partition coefficient (Wildman–Crippen LogP) is 1.22. The second kappa shape index (κ2) is 5.06. The molecule has 0 atom stereocenters. The van der Waals surface area contributed by atoms with Crippen molar-refractivity contribution in [2.45, 2.75) is 13.3 Å². The largest absolute Gasteiger partial charge is 0.480 e. The molecule has 0 saturated carbocycles. The Kier molecular flexibility index (Phi) is 3.46. The molecule has 0 aromatic heterocycles. The Morgan fingerprint density at radius 3 is 2.79 bits per heavy atom. The average molecular weight is 259 g/mol. The molecule has 1 aliphatic rings. The van der Waals surface area contributed by atoms with Crippen LogP contribution in [0.3, 0.4) is 0 Å². The van der Waals surface area contributed by atoms with Gasteiger partial charge >= 0.3 is 5.97 Å². The van der Waals surface area contributed by atoms with Crippen LogP contribution in [0.15, 0.2) is 29.8 Å². The molecule has 0 unspecified atom stereocenters. The van der Waals surface area contributed by atoms with Gasteiger partial charge in [0.2, 0.25) is 5.91 Å². The summed E-state index contributed by atoms with van der Waals surface area (Å²) in [6, 6.07) is 7.51. The first-order valence-electron chi connectivity index (χ1n) is 5.81. The third-order valence-corrected chi connectivity index (χ3v) is 2.84. The number of carboxylic acid groups (broad SMARTS) is 1. The minimum Gasteiger partial charge on any atom is -0.480 e. The Hall–Kier alpha value is -2.43. The van der Waals surface area contributed by atoms with Gasteiger partial charge in [-0.15, -0.1) is 0 Å². The zero-order chi connectivity index (χ0) is 14.0. The molecule has 19 heavy (non-hydrogen) atoms. The summed E-state index contributed by atoms with van der Waals surface area (Å²) >= 11 is 0. The number of imide groups is 1. The van der Waals surface area contributed by atoms with Crippen molar-refractivity contribution in [3.8, 4) is 0 Å². The van der Waals surface area contributed by atoms with Crippen molar-refractivity contribution in [3.05, 3.63) is 41.0 Å². The first-order chi connectivity index (χ1) is 8.97. The highest BCUT2D eigenvalue weighted by atomic mass is 16.4. The van der Waals surface area contributed by atoms with E-state index in [-0.39, 0.29) is 6.42 Å². The minimum absolute atomic E-state index is 0.0416. The number of carbonyl (C=O) groups excluding carboxylic acids is 2. The van der Waals surface area contributed by atoms with E-state index in [9.17, 15) is 14.4 Å². The fraction of sp³-hybridized carbons (Fsp3) is 0.214. The normalized spacial score (nSPS) is 17.3. The van der Waals surface area contributed by atoms with Gasteiger partial charge in [-0.25, -0.2) is 0 Å². The maximum atomic E-state index is 11.9. The maximum Gasteiger partial charge on any atom is 0.323 e. The molecule has 1 heterocycles. The lowest BCUT2D eigenvalue weighted by Gasteiger charge is -2.09. The number of carboxylic acids is 1. The van der Waals surface area contributed by atoms with Crippen LogP contribution in [0, 0.1) is 6.92 Å². The quantitative estimate of drug-likeness (QED) is 0.654. The van der Waals surface area contributed by atoms with Crippen LogP contribution < -0.4 is 0 Å². The van der Waals surface area contributed by atoms with Crippen LogP contribution >= 0.6 is 0 Å². The summed E-state index contributed by atoms with van der Waals surface area (Å²) < 4.78 is 0. The lowest BCUT2D eigenvalue weighted by Crippen LogP contribution is -2.34. The molecular weight excluding hydrogens is 246 g/mol. The van der Waals surface area contributed by atoms with Gasteiger partial charge in [0.1, 0.15) is 6.54 Å². The first kappa shape index (κ1) is 13.0. The van der Waals surface area contributed by atoms with E-state index in [2.05, 4.69) is 0 Å². The van der Waals surface area contributed by atoms with Crippen molar-refractivity contribution in [1.29, 1.82) is 0 Å². The Bertz CT molecular complexity index is 589. The van der Waals surface area contributed by atoms with E-state index in [4.69, 9.17) is 5.11 Å². The van der Waals surface area contributed by atoms with Crippen LogP contribution in [0.4, 0.5) is 0 Å². The summed E-state index contributed by atoms with van der Waals surface area (Å²) in [5.74, 6) is -2.18. The molecule has 1 aromatic rings. The van der Waals surface area contributed by atoms with Crippen LogP contribution in [0.2, 0.25) is 0 Å². The number of aliphatic carboxylic acids is 1. The number of nitrogens with zero attached hydrogens (tertiary/aromatic N) is 1. The number of benzene rings is 1. The maximum absolute atomic E-state index is 11.9. The van der Waals surface area contributed by atoms with Gasteiger partial charge < -0.3 is 5.11 Å². The highest BCUT2D eigenvalue weighted by molar-refractivity contribution is 6.16. The zero-order valence-electron chi connectivity index (χ0n) is 10.4. The lowest BCUT2D eigenvalue weighted by atomic mass is 10.1. The third-order valence-electron chi connectivity index (χ3n) is 2.84. The standard InChI is InChI=1S/C14H13NO4/c1-9-3-2-4-10(5-9)6-11-7-12(16)15(14(11)19)8-13(17)18/h2-6H,7-8H2,1H3,(H,17,18)/b11-6+. The van der Waals surface area contributed by atoms with Crippen LogP contribution in [0.25, 0.3) is 6.08 Å². The van der Waals surface area contributed by atoms with Crippen molar-refractivity contribution in [2.24, 2.45) is 0 Å². The molecular formula is C14H13NO4. The van der Waals surface area contributed by atoms with Gasteiger partial charge in [-0.1, -0.05) is 29.8 Å². The monoisotopic (exact) mass is 259 g/mol. The molecule has 0 spiro atoms. The number of amides is 2. The van der Waals surface area contributed by atoms with Crippen LogP contribution in [-0.2, 0) is 14.4 Å². The fourth-order valence-electron chi connectivity index (χ4n) is 1.99. The zero-order valence-corrected chi connectivity index (χ0v) is 10.4. The van der Waals surface area contributed by atoms with E-state index in [0.717, 1.165) is 16.0 Å². The molecule has 1 aliphatic heterocycles. The van der Waals surface area contributed by atoms with Crippen LogP contribution in [0.5, 0.6) is 0 Å². The number of hydrogen-bond donors (Lipinski definition) is 1. The Morgan fingerprint density at radius 2 is 2.16 bits per heavy atom. The SMILES string of the molecule is Cc1cccc(/C=C2\CC(=O)N(CC(=O)O)C2=O)c1. The Balaban J connectivity index is 2.25. The number of aryl methyl sites for hydroxylation is 1. The van der Waals surface area contributed by atoms with Crippen molar-refractivity contribution in [1.82, 2.24) is 4.90 Å². The molecule has 1 saturated heterocycles. The predicted molar refractivity (Wildman–Crippen MR) is 68.1 cm³/mol. The van der Waals surface area contributed by atoms with Crippen molar-refractivity contribution in [3.63, 3.8) is 0 Å². The van der Waals surface area contributed by atoms with Gasteiger partial charge in [-0.3, -0.25) is 19.3 Å². The van der Waals surface area contributed by atoms with Gasteiger partial charge in [0.25, 0.3) is 5.91 Å². The van der Waals surface area contributed by atoms with Gasteiger partial charge in [-0.05, 0) is 18.6 Å². The average Bonchev–Trinajstić information content (AvgIpc) is 2.57. The summed E-state index contributed by atoms with van der Waals surface area (Å²) in [6.45, 7) is 1.35. The second-order valence-electron chi connectivity index (χ2n) is 4.44. The summed E-state index contributed by atoms with van der Waals surface area (Å²) in [7, 11) is 0. The van der Waals surface area contributed by atoms with Gasteiger partial charge in [0, 0.05) is 5.57 Å². The Morgan fingerprint density at radius 1 is 1.42 bits per heavy atom. The summed E-state index contributed by atoms with van der Waals surface area (Å²) in [6.07, 6.45) is 1.59. The summed E-state index contributed by atoms with van der Waals surface area (Å²) in [5, 5.41) is 8.66. The second-order valence-corrected chi connectivity index (χ2v) is 4.44. The van der Waals surface area contributed by atoms with Crippen LogP contribution in [-0.4, -0.2) is 34.3 Å². The molecule has 2 amide bonds. The fourth-order valence-corrected chi connectivity index (χ4v) is 1.99. The number of likely N-dealkylation sites (tertiary alicyclic amines) is 1. The number of carbonyl (C=O) groups is 3. The van der Waals surface area contributed by atoms with E-state index in [1.54, 1.807) is 6.08 Å². The Labute approximate surface area is 110 Å². The van der Waals surface area contributed by atoms with Crippen molar-refractivity contribution in [2.75, 3.05) is 6.54 Å². The molecule has 0 radical (unpaired) electrons. The highest BCUT2D eigenvalue weighted by Gasteiger charge is 2.34. The summed E-state index contributed by atoms with van der Waals surface area (Å²) in [5.41, 5.74) is 2.21. The van der Waals surface area contributed by atoms with Crippen molar-refractivity contribution < 1.29 is 19.5 Å². The minimum atomic E-state index is -1.20. The molecule has 1 aromatic carbocycles. The van der Waals surface area contributed by atoms with Crippen molar-refractivity contribution >= 4 is 23.9 Å².